The molecule has 0 aromatic heterocycles. The van der Waals surface area contributed by atoms with Gasteiger partial charge in [0.2, 0.25) is 0 Å². The lowest BCUT2D eigenvalue weighted by atomic mass is 10.0. The van der Waals surface area contributed by atoms with Crippen LogP contribution in [-0.4, -0.2) is 17.0 Å². The molecule has 2 rings (SSSR count). The molecule has 2 nitrogen and oxygen atoms in total. The Hall–Kier alpha value is -0.960. The predicted octanol–water partition coefficient (Wildman–Crippen LogP) is 3.71. The van der Waals surface area contributed by atoms with E-state index >= 15 is 0 Å². The maximum atomic E-state index is 4.55. The molecular formula is C13H18N2S. The number of amidine groups is 1. The van der Waals surface area contributed by atoms with Crippen molar-refractivity contribution in [1.29, 1.82) is 0 Å². The zero-order valence-electron chi connectivity index (χ0n) is 10.0. The Balaban J connectivity index is 2.18. The molecule has 1 aliphatic heterocycles. The van der Waals surface area contributed by atoms with Crippen molar-refractivity contribution < 1.29 is 0 Å². The first-order valence-corrected chi connectivity index (χ1v) is 6.72. The Morgan fingerprint density at radius 2 is 2.12 bits per heavy atom. The molecule has 1 heterocycles. The molecule has 0 radical (unpaired) electrons. The van der Waals surface area contributed by atoms with Crippen LogP contribution in [0.2, 0.25) is 0 Å². The largest absolute Gasteiger partial charge is 0.335 e. The van der Waals surface area contributed by atoms with Gasteiger partial charge < -0.3 is 5.32 Å². The first-order chi connectivity index (χ1) is 7.66. The van der Waals surface area contributed by atoms with Crippen LogP contribution < -0.4 is 5.32 Å². The number of benzene rings is 1. The molecule has 0 bridgehead atoms. The third-order valence-corrected chi connectivity index (χ3v) is 3.75. The molecule has 0 fully saturated rings. The van der Waals surface area contributed by atoms with Crippen LogP contribution >= 0.6 is 11.8 Å². The fraction of sp³-hybridized carbons (Fsp3) is 0.462. The molecule has 1 aromatic rings. The highest BCUT2D eigenvalue weighted by Gasteiger charge is 2.15. The number of hydrogen-bond donors (Lipinski definition) is 1. The van der Waals surface area contributed by atoms with Crippen LogP contribution in [0.3, 0.4) is 0 Å². The van der Waals surface area contributed by atoms with Gasteiger partial charge in [0.15, 0.2) is 5.17 Å². The molecule has 86 valence electrons. The van der Waals surface area contributed by atoms with E-state index in [0.717, 1.165) is 10.9 Å². The van der Waals surface area contributed by atoms with E-state index < -0.39 is 0 Å². The van der Waals surface area contributed by atoms with E-state index in [1.54, 1.807) is 11.8 Å². The first kappa shape index (κ1) is 11.5. The van der Waals surface area contributed by atoms with Gasteiger partial charge in [-0.2, -0.15) is 0 Å². The van der Waals surface area contributed by atoms with E-state index in [-0.39, 0.29) is 0 Å². The number of anilines is 1. The number of aliphatic imine (C=N–C) groups is 1. The number of nitrogens with zero attached hydrogens (tertiary/aromatic N) is 1. The normalized spacial score (nSPS) is 20.0. The summed E-state index contributed by atoms with van der Waals surface area (Å²) in [6.07, 6.45) is 0. The summed E-state index contributed by atoms with van der Waals surface area (Å²) >= 11 is 1.80. The Kier molecular flexibility index (Phi) is 3.54. The molecule has 0 amide bonds. The van der Waals surface area contributed by atoms with Crippen molar-refractivity contribution in [3.63, 3.8) is 0 Å². The molecule has 1 aliphatic rings. The number of nitrogens with one attached hydrogen (secondary N) is 1. The Morgan fingerprint density at radius 3 is 2.75 bits per heavy atom. The molecule has 1 aromatic carbocycles. The lowest BCUT2D eigenvalue weighted by Gasteiger charge is -2.13. The fourth-order valence-electron chi connectivity index (χ4n) is 1.77. The van der Waals surface area contributed by atoms with Gasteiger partial charge in [-0.15, -0.1) is 0 Å². The summed E-state index contributed by atoms with van der Waals surface area (Å²) in [5, 5.41) is 4.49. The van der Waals surface area contributed by atoms with E-state index in [9.17, 15) is 0 Å². The Labute approximate surface area is 102 Å². The lowest BCUT2D eigenvalue weighted by Crippen LogP contribution is -2.07. The average molecular weight is 234 g/mol. The SMILES string of the molecule is CC(C)c1ccccc1NC1=N[C@@H](C)CS1. The van der Waals surface area contributed by atoms with Gasteiger partial charge in [0.05, 0.1) is 6.04 Å². The summed E-state index contributed by atoms with van der Waals surface area (Å²) in [5.74, 6) is 1.62. The summed E-state index contributed by atoms with van der Waals surface area (Å²) in [4.78, 5) is 4.55. The monoisotopic (exact) mass is 234 g/mol. The third kappa shape index (κ3) is 2.59. The highest BCUT2D eigenvalue weighted by atomic mass is 32.2. The summed E-state index contributed by atoms with van der Waals surface area (Å²) in [6.45, 7) is 6.58. The number of thioether (sulfide) groups is 1. The molecule has 16 heavy (non-hydrogen) atoms. The van der Waals surface area contributed by atoms with Gasteiger partial charge in [0.1, 0.15) is 0 Å². The van der Waals surface area contributed by atoms with Crippen molar-refractivity contribution in [2.45, 2.75) is 32.7 Å². The average Bonchev–Trinajstić information content (AvgIpc) is 2.64. The zero-order valence-corrected chi connectivity index (χ0v) is 10.8. The molecule has 0 saturated carbocycles. The quantitative estimate of drug-likeness (QED) is 0.843. The molecular weight excluding hydrogens is 216 g/mol. The maximum Gasteiger partial charge on any atom is 0.161 e. The van der Waals surface area contributed by atoms with Gasteiger partial charge in [-0.25, -0.2) is 0 Å². The second-order valence-electron chi connectivity index (χ2n) is 4.46. The number of hydrogen-bond acceptors (Lipinski definition) is 3. The Morgan fingerprint density at radius 1 is 1.38 bits per heavy atom. The second kappa shape index (κ2) is 4.91. The van der Waals surface area contributed by atoms with Crippen LogP contribution in [0.25, 0.3) is 0 Å². The van der Waals surface area contributed by atoms with Crippen LogP contribution in [0, 0.1) is 0 Å². The minimum atomic E-state index is 0.443. The lowest BCUT2D eigenvalue weighted by molar-refractivity contribution is 0.862. The molecule has 1 N–H and O–H groups in total. The molecule has 0 unspecified atom stereocenters. The van der Waals surface area contributed by atoms with Crippen LogP contribution in [0.5, 0.6) is 0 Å². The molecule has 0 aliphatic carbocycles. The Bertz CT molecular complexity index is 399. The topological polar surface area (TPSA) is 24.4 Å². The molecule has 1 atom stereocenters. The maximum absolute atomic E-state index is 4.55. The van der Waals surface area contributed by atoms with E-state index in [1.165, 1.54) is 11.3 Å². The van der Waals surface area contributed by atoms with Crippen LogP contribution in [0.1, 0.15) is 32.3 Å². The molecule has 0 spiro atoms. The van der Waals surface area contributed by atoms with Crippen LogP contribution in [0.4, 0.5) is 5.69 Å². The van der Waals surface area contributed by atoms with Crippen molar-refractivity contribution in [2.24, 2.45) is 4.99 Å². The fourth-order valence-corrected chi connectivity index (χ4v) is 2.68. The highest BCUT2D eigenvalue weighted by Crippen LogP contribution is 2.26. The van der Waals surface area contributed by atoms with Gasteiger partial charge in [-0.3, -0.25) is 4.99 Å². The number of para-hydroxylation sites is 1. The highest BCUT2D eigenvalue weighted by molar-refractivity contribution is 8.14. The van der Waals surface area contributed by atoms with Crippen molar-refractivity contribution in [1.82, 2.24) is 0 Å². The minimum Gasteiger partial charge on any atom is -0.335 e. The van der Waals surface area contributed by atoms with Crippen LogP contribution in [0.15, 0.2) is 29.3 Å². The van der Waals surface area contributed by atoms with E-state index in [2.05, 4.69) is 55.3 Å². The third-order valence-electron chi connectivity index (χ3n) is 2.62. The van der Waals surface area contributed by atoms with Crippen molar-refractivity contribution in [3.8, 4) is 0 Å². The van der Waals surface area contributed by atoms with Gasteiger partial charge >= 0.3 is 0 Å². The molecule has 3 heteroatoms. The van der Waals surface area contributed by atoms with Gasteiger partial charge in [0.25, 0.3) is 0 Å². The smallest absolute Gasteiger partial charge is 0.161 e. The zero-order chi connectivity index (χ0) is 11.5. The molecule has 0 saturated heterocycles. The standard InChI is InChI=1S/C13H18N2S/c1-9(2)11-6-4-5-7-12(11)15-13-14-10(3)8-16-13/h4-7,9-10H,8H2,1-3H3,(H,14,15)/t10-/m0/s1. The van der Waals surface area contributed by atoms with Gasteiger partial charge in [0, 0.05) is 11.4 Å². The van der Waals surface area contributed by atoms with E-state index in [4.69, 9.17) is 0 Å². The summed E-state index contributed by atoms with van der Waals surface area (Å²) in [6, 6.07) is 8.90. The predicted molar refractivity (Wildman–Crippen MR) is 73.5 cm³/mol. The van der Waals surface area contributed by atoms with E-state index in [1.807, 2.05) is 0 Å². The second-order valence-corrected chi connectivity index (χ2v) is 5.47. The van der Waals surface area contributed by atoms with Crippen molar-refractivity contribution in [3.05, 3.63) is 29.8 Å². The number of rotatable bonds is 2. The van der Waals surface area contributed by atoms with Crippen molar-refractivity contribution in [2.75, 3.05) is 11.1 Å². The minimum absolute atomic E-state index is 0.443. The van der Waals surface area contributed by atoms with Crippen molar-refractivity contribution >= 4 is 22.6 Å². The van der Waals surface area contributed by atoms with E-state index in [0.29, 0.717) is 12.0 Å². The summed E-state index contributed by atoms with van der Waals surface area (Å²) < 4.78 is 0. The van der Waals surface area contributed by atoms with Crippen LogP contribution in [-0.2, 0) is 0 Å². The first-order valence-electron chi connectivity index (χ1n) is 5.73. The van der Waals surface area contributed by atoms with Gasteiger partial charge in [-0.05, 0) is 24.5 Å². The summed E-state index contributed by atoms with van der Waals surface area (Å²) in [5.41, 5.74) is 2.54. The van der Waals surface area contributed by atoms with Gasteiger partial charge in [-0.1, -0.05) is 43.8 Å². The summed E-state index contributed by atoms with van der Waals surface area (Å²) in [7, 11) is 0.